The van der Waals surface area contributed by atoms with E-state index in [1.807, 2.05) is 12.1 Å². The van der Waals surface area contributed by atoms with E-state index in [9.17, 15) is 0 Å². The SMILES string of the molecule is c1cc2c(c(OCc3ccoc3)c1)NCCC2. The molecule has 1 aliphatic heterocycles. The van der Waals surface area contributed by atoms with Crippen molar-refractivity contribution >= 4 is 5.69 Å². The molecule has 0 bridgehead atoms. The Bertz CT molecular complexity index is 491. The minimum absolute atomic E-state index is 0.550. The molecule has 17 heavy (non-hydrogen) atoms. The smallest absolute Gasteiger partial charge is 0.143 e. The van der Waals surface area contributed by atoms with Crippen LogP contribution < -0.4 is 10.1 Å². The van der Waals surface area contributed by atoms with E-state index in [1.165, 1.54) is 12.0 Å². The zero-order valence-corrected chi connectivity index (χ0v) is 9.61. The zero-order valence-electron chi connectivity index (χ0n) is 9.61. The summed E-state index contributed by atoms with van der Waals surface area (Å²) in [6.45, 7) is 1.58. The topological polar surface area (TPSA) is 34.4 Å². The summed E-state index contributed by atoms with van der Waals surface area (Å²) in [7, 11) is 0. The first-order chi connectivity index (χ1) is 8.43. The van der Waals surface area contributed by atoms with Gasteiger partial charge < -0.3 is 14.5 Å². The molecule has 88 valence electrons. The molecular weight excluding hydrogens is 214 g/mol. The largest absolute Gasteiger partial charge is 0.487 e. The minimum atomic E-state index is 0.550. The molecule has 2 heterocycles. The lowest BCUT2D eigenvalue weighted by atomic mass is 10.0. The normalized spacial score (nSPS) is 13.9. The van der Waals surface area contributed by atoms with Crippen molar-refractivity contribution in [3.63, 3.8) is 0 Å². The van der Waals surface area contributed by atoms with Crippen molar-refractivity contribution in [1.82, 2.24) is 0 Å². The summed E-state index contributed by atoms with van der Waals surface area (Å²) >= 11 is 0. The third-order valence-electron chi connectivity index (χ3n) is 3.01. The van der Waals surface area contributed by atoms with E-state index >= 15 is 0 Å². The molecule has 3 rings (SSSR count). The van der Waals surface area contributed by atoms with Crippen molar-refractivity contribution < 1.29 is 9.15 Å². The highest BCUT2D eigenvalue weighted by Crippen LogP contribution is 2.32. The first-order valence-corrected chi connectivity index (χ1v) is 5.93. The number of fused-ring (bicyclic) bond motifs is 1. The molecule has 3 heteroatoms. The van der Waals surface area contributed by atoms with Crippen LogP contribution in [0, 0.1) is 0 Å². The van der Waals surface area contributed by atoms with Gasteiger partial charge in [-0.25, -0.2) is 0 Å². The molecule has 3 nitrogen and oxygen atoms in total. The molecule has 0 saturated heterocycles. The van der Waals surface area contributed by atoms with Crippen LogP contribution in [0.2, 0.25) is 0 Å². The molecule has 1 aromatic carbocycles. The number of benzene rings is 1. The molecule has 0 amide bonds. The van der Waals surface area contributed by atoms with Gasteiger partial charge in [0.15, 0.2) is 0 Å². The summed E-state index contributed by atoms with van der Waals surface area (Å²) in [6.07, 6.45) is 5.70. The van der Waals surface area contributed by atoms with E-state index in [-0.39, 0.29) is 0 Å². The van der Waals surface area contributed by atoms with Crippen LogP contribution in [0.4, 0.5) is 5.69 Å². The van der Waals surface area contributed by atoms with Gasteiger partial charge in [0.25, 0.3) is 0 Å². The van der Waals surface area contributed by atoms with E-state index in [2.05, 4.69) is 17.4 Å². The molecule has 1 aliphatic rings. The highest BCUT2D eigenvalue weighted by Gasteiger charge is 2.13. The second kappa shape index (κ2) is 4.53. The van der Waals surface area contributed by atoms with E-state index in [4.69, 9.17) is 9.15 Å². The zero-order chi connectivity index (χ0) is 11.5. The lowest BCUT2D eigenvalue weighted by Crippen LogP contribution is -2.13. The molecule has 0 saturated carbocycles. The number of nitrogens with one attached hydrogen (secondary N) is 1. The van der Waals surface area contributed by atoms with Crippen molar-refractivity contribution in [2.45, 2.75) is 19.4 Å². The van der Waals surface area contributed by atoms with Gasteiger partial charge in [-0.05, 0) is 30.5 Å². The second-order valence-electron chi connectivity index (χ2n) is 4.24. The maximum Gasteiger partial charge on any atom is 0.143 e. The van der Waals surface area contributed by atoms with Crippen LogP contribution in [-0.4, -0.2) is 6.54 Å². The van der Waals surface area contributed by atoms with E-state index in [0.717, 1.165) is 30.0 Å². The van der Waals surface area contributed by atoms with Crippen molar-refractivity contribution in [3.05, 3.63) is 47.9 Å². The fourth-order valence-corrected chi connectivity index (χ4v) is 2.13. The van der Waals surface area contributed by atoms with Gasteiger partial charge in [0.05, 0.1) is 18.2 Å². The Morgan fingerprint density at radius 2 is 2.29 bits per heavy atom. The van der Waals surface area contributed by atoms with Crippen LogP contribution in [0.25, 0.3) is 0 Å². The molecule has 0 spiro atoms. The molecule has 0 atom stereocenters. The molecule has 0 aliphatic carbocycles. The fraction of sp³-hybridized carbons (Fsp3) is 0.286. The number of aryl methyl sites for hydroxylation is 1. The van der Waals surface area contributed by atoms with Gasteiger partial charge in [0.2, 0.25) is 0 Å². The predicted octanol–water partition coefficient (Wildman–Crippen LogP) is 3.22. The third-order valence-corrected chi connectivity index (χ3v) is 3.01. The van der Waals surface area contributed by atoms with Crippen LogP contribution in [0.1, 0.15) is 17.5 Å². The molecular formula is C14H15NO2. The maximum absolute atomic E-state index is 5.83. The van der Waals surface area contributed by atoms with Gasteiger partial charge in [0, 0.05) is 12.1 Å². The predicted molar refractivity (Wildman–Crippen MR) is 66.3 cm³/mol. The van der Waals surface area contributed by atoms with Crippen LogP contribution in [0.3, 0.4) is 0 Å². The van der Waals surface area contributed by atoms with Crippen LogP contribution in [-0.2, 0) is 13.0 Å². The Labute approximate surface area is 100 Å². The van der Waals surface area contributed by atoms with E-state index in [1.54, 1.807) is 12.5 Å². The summed E-state index contributed by atoms with van der Waals surface area (Å²) in [5, 5.41) is 3.41. The Hall–Kier alpha value is -1.90. The van der Waals surface area contributed by atoms with Gasteiger partial charge in [-0.1, -0.05) is 12.1 Å². The van der Waals surface area contributed by atoms with Crippen LogP contribution in [0.5, 0.6) is 5.75 Å². The Balaban J connectivity index is 1.78. The van der Waals surface area contributed by atoms with Gasteiger partial charge in [-0.15, -0.1) is 0 Å². The standard InChI is InChI=1S/C14H15NO2/c1-3-12-4-2-7-15-14(12)13(5-1)17-10-11-6-8-16-9-11/h1,3,5-6,8-9,15H,2,4,7,10H2. The maximum atomic E-state index is 5.83. The van der Waals surface area contributed by atoms with Crippen LogP contribution >= 0.6 is 0 Å². The summed E-state index contributed by atoms with van der Waals surface area (Å²) < 4.78 is 10.8. The van der Waals surface area contributed by atoms with E-state index < -0.39 is 0 Å². The fourth-order valence-electron chi connectivity index (χ4n) is 2.13. The molecule has 1 aromatic heterocycles. The summed E-state index contributed by atoms with van der Waals surface area (Å²) in [4.78, 5) is 0. The molecule has 0 fully saturated rings. The second-order valence-corrected chi connectivity index (χ2v) is 4.24. The number of hydrogen-bond donors (Lipinski definition) is 1. The summed E-state index contributed by atoms with van der Waals surface area (Å²) in [6, 6.07) is 8.14. The minimum Gasteiger partial charge on any atom is -0.487 e. The van der Waals surface area contributed by atoms with Crippen molar-refractivity contribution in [3.8, 4) is 5.75 Å². The highest BCUT2D eigenvalue weighted by atomic mass is 16.5. The molecule has 0 radical (unpaired) electrons. The van der Waals surface area contributed by atoms with Crippen LogP contribution in [0.15, 0.2) is 41.2 Å². The first kappa shape index (κ1) is 10.3. The average molecular weight is 229 g/mol. The number of para-hydroxylation sites is 1. The van der Waals surface area contributed by atoms with Gasteiger partial charge in [0.1, 0.15) is 12.4 Å². The number of rotatable bonds is 3. The molecule has 0 unspecified atom stereocenters. The molecule has 2 aromatic rings. The quantitative estimate of drug-likeness (QED) is 0.877. The lowest BCUT2D eigenvalue weighted by molar-refractivity contribution is 0.305. The van der Waals surface area contributed by atoms with E-state index in [0.29, 0.717) is 6.61 Å². The Kier molecular flexibility index (Phi) is 2.74. The number of anilines is 1. The van der Waals surface area contributed by atoms with Gasteiger partial charge in [-0.2, -0.15) is 0 Å². The third kappa shape index (κ3) is 2.13. The van der Waals surface area contributed by atoms with Crippen molar-refractivity contribution in [2.24, 2.45) is 0 Å². The first-order valence-electron chi connectivity index (χ1n) is 5.93. The van der Waals surface area contributed by atoms with Gasteiger partial charge in [-0.3, -0.25) is 0 Å². The Morgan fingerprint density at radius 1 is 1.29 bits per heavy atom. The number of furan rings is 1. The highest BCUT2D eigenvalue weighted by molar-refractivity contribution is 5.63. The Morgan fingerprint density at radius 3 is 3.18 bits per heavy atom. The summed E-state index contributed by atoms with van der Waals surface area (Å²) in [5.74, 6) is 0.934. The summed E-state index contributed by atoms with van der Waals surface area (Å²) in [5.41, 5.74) is 3.56. The van der Waals surface area contributed by atoms with Crippen molar-refractivity contribution in [2.75, 3.05) is 11.9 Å². The van der Waals surface area contributed by atoms with Gasteiger partial charge >= 0.3 is 0 Å². The average Bonchev–Trinajstić information content (AvgIpc) is 2.89. The molecule has 1 N–H and O–H groups in total. The number of ether oxygens (including phenoxy) is 1. The lowest BCUT2D eigenvalue weighted by Gasteiger charge is -2.20. The monoisotopic (exact) mass is 229 g/mol. The van der Waals surface area contributed by atoms with Crippen molar-refractivity contribution in [1.29, 1.82) is 0 Å². The number of hydrogen-bond acceptors (Lipinski definition) is 3.